The number of hydrogen-bond donors (Lipinski definition) is 2. The molecule has 2 aromatic heterocycles. The van der Waals surface area contributed by atoms with Gasteiger partial charge in [-0.15, -0.1) is 0 Å². The molecule has 1 amide bonds. The predicted octanol–water partition coefficient (Wildman–Crippen LogP) is 4.39. The van der Waals surface area contributed by atoms with Gasteiger partial charge in [-0.2, -0.15) is 0 Å². The number of para-hydroxylation sites is 1. The zero-order valence-electron chi connectivity index (χ0n) is 13.9. The summed E-state index contributed by atoms with van der Waals surface area (Å²) >= 11 is 1.42. The Balaban J connectivity index is 1.33. The summed E-state index contributed by atoms with van der Waals surface area (Å²) in [5.74, 6) is 0.570. The van der Waals surface area contributed by atoms with E-state index >= 15 is 0 Å². The second kappa shape index (κ2) is 7.41. The molecule has 4 aromatic rings. The third kappa shape index (κ3) is 3.60. The zero-order chi connectivity index (χ0) is 17.8. The number of amides is 1. The number of aromatic amines is 1. The molecule has 0 spiro atoms. The lowest BCUT2D eigenvalue weighted by atomic mass is 10.1. The van der Waals surface area contributed by atoms with Crippen LogP contribution in [0, 0.1) is 0 Å². The molecule has 5 nitrogen and oxygen atoms in total. The van der Waals surface area contributed by atoms with Crippen molar-refractivity contribution < 1.29 is 9.53 Å². The summed E-state index contributed by atoms with van der Waals surface area (Å²) in [6.45, 7) is 0.581. The summed E-state index contributed by atoms with van der Waals surface area (Å²) in [6.07, 6.45) is 4.47. The second-order valence-electron chi connectivity index (χ2n) is 5.79. The van der Waals surface area contributed by atoms with Gasteiger partial charge >= 0.3 is 0 Å². The average molecular weight is 363 g/mol. The topological polar surface area (TPSA) is 67.0 Å². The molecule has 0 aliphatic heterocycles. The van der Waals surface area contributed by atoms with E-state index in [2.05, 4.69) is 21.4 Å². The Kier molecular flexibility index (Phi) is 4.66. The molecule has 0 aliphatic rings. The van der Waals surface area contributed by atoms with Gasteiger partial charge in [-0.3, -0.25) is 4.79 Å². The minimum absolute atomic E-state index is 0.0920. The number of aromatic nitrogens is 2. The number of hydrogen-bond acceptors (Lipinski definition) is 4. The van der Waals surface area contributed by atoms with Crippen molar-refractivity contribution in [2.24, 2.45) is 0 Å². The lowest BCUT2D eigenvalue weighted by molar-refractivity contribution is 0.0954. The highest BCUT2D eigenvalue weighted by atomic mass is 32.1. The molecule has 130 valence electrons. The van der Waals surface area contributed by atoms with Gasteiger partial charge < -0.3 is 15.0 Å². The Morgan fingerprint density at radius 1 is 1.15 bits per heavy atom. The normalized spacial score (nSPS) is 10.8. The molecule has 0 saturated heterocycles. The van der Waals surface area contributed by atoms with Crippen LogP contribution in [0.1, 0.15) is 15.9 Å². The van der Waals surface area contributed by atoms with Gasteiger partial charge in [-0.25, -0.2) is 4.98 Å². The van der Waals surface area contributed by atoms with E-state index in [9.17, 15) is 4.79 Å². The van der Waals surface area contributed by atoms with Crippen molar-refractivity contribution in [3.63, 3.8) is 0 Å². The van der Waals surface area contributed by atoms with Crippen LogP contribution in [0.4, 0.5) is 0 Å². The van der Waals surface area contributed by atoms with Gasteiger partial charge in [0.05, 0.1) is 0 Å². The molecule has 26 heavy (non-hydrogen) atoms. The van der Waals surface area contributed by atoms with Crippen LogP contribution in [-0.4, -0.2) is 22.4 Å². The third-order valence-corrected chi connectivity index (χ3v) is 4.73. The van der Waals surface area contributed by atoms with Crippen LogP contribution in [0.15, 0.2) is 66.3 Å². The van der Waals surface area contributed by atoms with Crippen LogP contribution < -0.4 is 10.1 Å². The van der Waals surface area contributed by atoms with E-state index in [1.807, 2.05) is 29.8 Å². The molecule has 0 radical (unpaired) electrons. The molecule has 0 fully saturated rings. The maximum Gasteiger partial charge on any atom is 0.278 e. The molecule has 0 bridgehead atoms. The molecule has 0 atom stereocenters. The smallest absolute Gasteiger partial charge is 0.278 e. The fraction of sp³-hybridized carbons (Fsp3) is 0.100. The number of carbonyl (C=O) groups is 1. The van der Waals surface area contributed by atoms with E-state index < -0.39 is 0 Å². The molecule has 2 heterocycles. The lowest BCUT2D eigenvalue weighted by Gasteiger charge is -2.06. The van der Waals surface area contributed by atoms with Crippen LogP contribution >= 0.6 is 11.3 Å². The molecule has 2 aromatic carbocycles. The highest BCUT2D eigenvalue weighted by Gasteiger charge is 2.08. The predicted molar refractivity (Wildman–Crippen MR) is 103 cm³/mol. The van der Waals surface area contributed by atoms with E-state index in [-0.39, 0.29) is 5.91 Å². The van der Waals surface area contributed by atoms with Crippen molar-refractivity contribution in [2.75, 3.05) is 6.54 Å². The van der Waals surface area contributed by atoms with Crippen LogP contribution in [0.3, 0.4) is 0 Å². The zero-order valence-corrected chi connectivity index (χ0v) is 14.8. The van der Waals surface area contributed by atoms with Gasteiger partial charge in [-0.05, 0) is 42.3 Å². The van der Waals surface area contributed by atoms with Crippen LogP contribution in [0.25, 0.3) is 10.9 Å². The number of carbonyl (C=O) groups excluding carboxylic acids is 1. The Bertz CT molecular complexity index is 1010. The minimum Gasteiger partial charge on any atom is -0.431 e. The number of ether oxygens (including phenoxy) is 1. The Hall–Kier alpha value is -3.12. The van der Waals surface area contributed by atoms with Crippen molar-refractivity contribution in [3.05, 3.63) is 77.4 Å². The summed E-state index contributed by atoms with van der Waals surface area (Å²) in [7, 11) is 0. The van der Waals surface area contributed by atoms with Gasteiger partial charge in [0.2, 0.25) is 0 Å². The summed E-state index contributed by atoms with van der Waals surface area (Å²) in [6, 6.07) is 15.2. The van der Waals surface area contributed by atoms with Crippen LogP contribution in [0.2, 0.25) is 0 Å². The Morgan fingerprint density at radius 2 is 2.00 bits per heavy atom. The molecule has 0 unspecified atom stereocenters. The van der Waals surface area contributed by atoms with E-state index in [4.69, 9.17) is 4.74 Å². The molecule has 0 aliphatic carbocycles. The fourth-order valence-corrected chi connectivity index (χ4v) is 3.29. The van der Waals surface area contributed by atoms with E-state index in [0.29, 0.717) is 23.1 Å². The monoisotopic (exact) mass is 363 g/mol. The standard InChI is InChI=1S/C20H17N3O2S/c24-19(14-5-7-16(8-6-14)25-20-22-11-12-26-20)21-10-9-15-13-23-18-4-2-1-3-17(15)18/h1-8,11-13,23H,9-10H2,(H,21,24). The number of thiazole rings is 1. The highest BCUT2D eigenvalue weighted by molar-refractivity contribution is 7.11. The third-order valence-electron chi connectivity index (χ3n) is 4.09. The fourth-order valence-electron chi connectivity index (χ4n) is 2.79. The second-order valence-corrected chi connectivity index (χ2v) is 6.65. The first-order valence-electron chi connectivity index (χ1n) is 8.30. The molecule has 2 N–H and O–H groups in total. The van der Waals surface area contributed by atoms with Gasteiger partial charge in [0.25, 0.3) is 11.1 Å². The first-order chi connectivity index (χ1) is 12.8. The molecule has 0 saturated carbocycles. The van der Waals surface area contributed by atoms with E-state index in [0.717, 1.165) is 11.9 Å². The first kappa shape index (κ1) is 16.4. The van der Waals surface area contributed by atoms with Gasteiger partial charge in [0, 0.05) is 40.8 Å². The summed E-state index contributed by atoms with van der Waals surface area (Å²) in [4.78, 5) is 19.6. The minimum atomic E-state index is -0.0920. The summed E-state index contributed by atoms with van der Waals surface area (Å²) in [5.41, 5.74) is 2.92. The molecular weight excluding hydrogens is 346 g/mol. The van der Waals surface area contributed by atoms with Gasteiger partial charge in [0.1, 0.15) is 5.75 Å². The molecule has 6 heteroatoms. The van der Waals surface area contributed by atoms with Crippen LogP contribution in [-0.2, 0) is 6.42 Å². The Morgan fingerprint density at radius 3 is 2.81 bits per heavy atom. The van der Waals surface area contributed by atoms with Crippen molar-refractivity contribution in [2.45, 2.75) is 6.42 Å². The number of nitrogens with one attached hydrogen (secondary N) is 2. The van der Waals surface area contributed by atoms with Crippen molar-refractivity contribution in [1.82, 2.24) is 15.3 Å². The average Bonchev–Trinajstić information content (AvgIpc) is 3.32. The summed E-state index contributed by atoms with van der Waals surface area (Å²) in [5, 5.41) is 6.60. The lowest BCUT2D eigenvalue weighted by Crippen LogP contribution is -2.25. The highest BCUT2D eigenvalue weighted by Crippen LogP contribution is 2.23. The van der Waals surface area contributed by atoms with E-state index in [1.165, 1.54) is 22.3 Å². The summed E-state index contributed by atoms with van der Waals surface area (Å²) < 4.78 is 5.60. The SMILES string of the molecule is O=C(NCCc1c[nH]c2ccccc12)c1ccc(Oc2nccs2)cc1. The Labute approximate surface area is 154 Å². The molecular formula is C20H17N3O2S. The first-order valence-corrected chi connectivity index (χ1v) is 9.18. The number of nitrogens with zero attached hydrogens (tertiary/aromatic N) is 1. The molecule has 4 rings (SSSR count). The maximum absolute atomic E-state index is 12.3. The van der Waals surface area contributed by atoms with Crippen molar-refractivity contribution in [3.8, 4) is 10.9 Å². The van der Waals surface area contributed by atoms with Crippen molar-refractivity contribution in [1.29, 1.82) is 0 Å². The number of benzene rings is 2. The van der Waals surface area contributed by atoms with Gasteiger partial charge in [0.15, 0.2) is 0 Å². The van der Waals surface area contributed by atoms with E-state index in [1.54, 1.807) is 30.5 Å². The number of rotatable bonds is 6. The number of fused-ring (bicyclic) bond motifs is 1. The van der Waals surface area contributed by atoms with Gasteiger partial charge in [-0.1, -0.05) is 29.5 Å². The number of H-pyrrole nitrogens is 1. The maximum atomic E-state index is 12.3. The quantitative estimate of drug-likeness (QED) is 0.534. The largest absolute Gasteiger partial charge is 0.431 e. The van der Waals surface area contributed by atoms with Crippen molar-refractivity contribution >= 4 is 28.1 Å². The van der Waals surface area contributed by atoms with Crippen LogP contribution in [0.5, 0.6) is 10.9 Å².